The Morgan fingerprint density at radius 3 is 3.13 bits per heavy atom. The van der Waals surface area contributed by atoms with E-state index in [1.807, 2.05) is 12.1 Å². The first-order chi connectivity index (χ1) is 7.43. The smallest absolute Gasteiger partial charge is 0.156 e. The minimum atomic E-state index is 0.141. The van der Waals surface area contributed by atoms with Gasteiger partial charge in [0.2, 0.25) is 0 Å². The van der Waals surface area contributed by atoms with Crippen molar-refractivity contribution < 1.29 is 4.74 Å². The summed E-state index contributed by atoms with van der Waals surface area (Å²) < 4.78 is 5.92. The highest BCUT2D eigenvalue weighted by Crippen LogP contribution is 2.27. The molecule has 2 aliphatic rings. The van der Waals surface area contributed by atoms with Crippen molar-refractivity contribution in [1.82, 2.24) is 5.32 Å². The highest BCUT2D eigenvalue weighted by Gasteiger charge is 2.25. The predicted molar refractivity (Wildman–Crippen MR) is 59.5 cm³/mol. The molecule has 0 saturated heterocycles. The van der Waals surface area contributed by atoms with Gasteiger partial charge < -0.3 is 10.1 Å². The standard InChI is InChI=1S/C12H14N2O/c1-2-4-10-9(3-1)5-6-11(15-10)12-13-7-8-14-12/h1-4,11H,5-8H2,(H,13,14). The molecule has 0 aliphatic carbocycles. The van der Waals surface area contributed by atoms with Gasteiger partial charge in [0.25, 0.3) is 0 Å². The van der Waals surface area contributed by atoms with Gasteiger partial charge in [-0.1, -0.05) is 18.2 Å². The van der Waals surface area contributed by atoms with E-state index in [4.69, 9.17) is 4.74 Å². The van der Waals surface area contributed by atoms with Crippen LogP contribution in [0.25, 0.3) is 0 Å². The first-order valence-corrected chi connectivity index (χ1v) is 5.46. The quantitative estimate of drug-likeness (QED) is 0.746. The van der Waals surface area contributed by atoms with Crippen molar-refractivity contribution in [3.05, 3.63) is 29.8 Å². The van der Waals surface area contributed by atoms with Crippen molar-refractivity contribution in [3.63, 3.8) is 0 Å². The number of nitrogens with one attached hydrogen (secondary N) is 1. The van der Waals surface area contributed by atoms with Gasteiger partial charge in [0.05, 0.1) is 6.54 Å². The van der Waals surface area contributed by atoms with Crippen molar-refractivity contribution in [2.45, 2.75) is 18.9 Å². The molecule has 78 valence electrons. The summed E-state index contributed by atoms with van der Waals surface area (Å²) in [7, 11) is 0. The van der Waals surface area contributed by atoms with Gasteiger partial charge in [-0.3, -0.25) is 4.99 Å². The van der Waals surface area contributed by atoms with Crippen molar-refractivity contribution in [1.29, 1.82) is 0 Å². The Bertz CT molecular complexity index is 400. The van der Waals surface area contributed by atoms with Gasteiger partial charge in [0.1, 0.15) is 11.6 Å². The van der Waals surface area contributed by atoms with E-state index in [1.54, 1.807) is 0 Å². The zero-order chi connectivity index (χ0) is 10.1. The van der Waals surface area contributed by atoms with Crippen LogP contribution in [0.2, 0.25) is 0 Å². The van der Waals surface area contributed by atoms with E-state index in [-0.39, 0.29) is 6.10 Å². The molecule has 0 radical (unpaired) electrons. The number of rotatable bonds is 1. The van der Waals surface area contributed by atoms with Crippen LogP contribution >= 0.6 is 0 Å². The maximum atomic E-state index is 5.92. The summed E-state index contributed by atoms with van der Waals surface area (Å²) in [5.41, 5.74) is 1.31. The van der Waals surface area contributed by atoms with Gasteiger partial charge in [0.15, 0.2) is 6.10 Å². The van der Waals surface area contributed by atoms with E-state index in [1.165, 1.54) is 5.56 Å². The molecule has 0 saturated carbocycles. The van der Waals surface area contributed by atoms with E-state index in [0.29, 0.717) is 0 Å². The molecule has 0 spiro atoms. The fourth-order valence-electron chi connectivity index (χ4n) is 2.15. The fraction of sp³-hybridized carbons (Fsp3) is 0.417. The summed E-state index contributed by atoms with van der Waals surface area (Å²) in [6, 6.07) is 8.26. The molecular formula is C12H14N2O. The Kier molecular flexibility index (Phi) is 2.09. The van der Waals surface area contributed by atoms with Crippen LogP contribution in [-0.4, -0.2) is 25.0 Å². The summed E-state index contributed by atoms with van der Waals surface area (Å²) >= 11 is 0. The Hall–Kier alpha value is -1.51. The van der Waals surface area contributed by atoms with Crippen LogP contribution in [0.1, 0.15) is 12.0 Å². The number of nitrogens with zero attached hydrogens (tertiary/aromatic N) is 1. The molecule has 2 heterocycles. The van der Waals surface area contributed by atoms with Crippen LogP contribution in [0.3, 0.4) is 0 Å². The molecule has 1 unspecified atom stereocenters. The number of hydrogen-bond acceptors (Lipinski definition) is 3. The van der Waals surface area contributed by atoms with Gasteiger partial charge in [-0.15, -0.1) is 0 Å². The minimum absolute atomic E-state index is 0.141. The number of amidine groups is 1. The van der Waals surface area contributed by atoms with E-state index in [0.717, 1.165) is 37.5 Å². The van der Waals surface area contributed by atoms with Crippen LogP contribution in [0.4, 0.5) is 0 Å². The highest BCUT2D eigenvalue weighted by molar-refractivity contribution is 5.88. The molecule has 1 N–H and O–H groups in total. The van der Waals surface area contributed by atoms with Gasteiger partial charge >= 0.3 is 0 Å². The molecule has 1 atom stereocenters. The summed E-state index contributed by atoms with van der Waals surface area (Å²) in [4.78, 5) is 4.41. The Morgan fingerprint density at radius 2 is 2.27 bits per heavy atom. The molecule has 0 aromatic heterocycles. The number of aryl methyl sites for hydroxylation is 1. The molecule has 3 nitrogen and oxygen atoms in total. The minimum Gasteiger partial charge on any atom is -0.482 e. The number of para-hydroxylation sites is 1. The molecule has 0 fully saturated rings. The van der Waals surface area contributed by atoms with Crippen molar-refractivity contribution in [2.75, 3.05) is 13.1 Å². The molecule has 3 rings (SSSR count). The van der Waals surface area contributed by atoms with Gasteiger partial charge in [-0.05, 0) is 24.5 Å². The van der Waals surface area contributed by atoms with E-state index in [9.17, 15) is 0 Å². The number of fused-ring (bicyclic) bond motifs is 1. The fourth-order valence-corrected chi connectivity index (χ4v) is 2.15. The van der Waals surface area contributed by atoms with Crippen molar-refractivity contribution >= 4 is 5.84 Å². The molecule has 15 heavy (non-hydrogen) atoms. The van der Waals surface area contributed by atoms with Crippen LogP contribution in [0.5, 0.6) is 5.75 Å². The zero-order valence-corrected chi connectivity index (χ0v) is 8.57. The van der Waals surface area contributed by atoms with Crippen LogP contribution in [0.15, 0.2) is 29.3 Å². The highest BCUT2D eigenvalue weighted by atomic mass is 16.5. The van der Waals surface area contributed by atoms with E-state index >= 15 is 0 Å². The van der Waals surface area contributed by atoms with Crippen LogP contribution in [0, 0.1) is 0 Å². The van der Waals surface area contributed by atoms with Crippen molar-refractivity contribution in [2.24, 2.45) is 4.99 Å². The summed E-state index contributed by atoms with van der Waals surface area (Å²) in [5, 5.41) is 3.28. The Balaban J connectivity index is 1.82. The summed E-state index contributed by atoms with van der Waals surface area (Å²) in [6.07, 6.45) is 2.26. The van der Waals surface area contributed by atoms with Crippen LogP contribution < -0.4 is 10.1 Å². The maximum Gasteiger partial charge on any atom is 0.156 e. The molecule has 1 aromatic rings. The van der Waals surface area contributed by atoms with E-state index < -0.39 is 0 Å². The lowest BCUT2D eigenvalue weighted by Gasteiger charge is -2.26. The Labute approximate surface area is 89.2 Å². The topological polar surface area (TPSA) is 33.6 Å². The van der Waals surface area contributed by atoms with Crippen molar-refractivity contribution in [3.8, 4) is 5.75 Å². The van der Waals surface area contributed by atoms with E-state index in [2.05, 4.69) is 22.4 Å². The number of benzene rings is 1. The molecule has 0 bridgehead atoms. The van der Waals surface area contributed by atoms with Gasteiger partial charge in [0, 0.05) is 6.54 Å². The number of ether oxygens (including phenoxy) is 1. The Morgan fingerprint density at radius 1 is 1.33 bits per heavy atom. The normalized spacial score (nSPS) is 23.7. The summed E-state index contributed by atoms with van der Waals surface area (Å²) in [6.45, 7) is 1.84. The lowest BCUT2D eigenvalue weighted by atomic mass is 10.0. The third-order valence-corrected chi connectivity index (χ3v) is 2.92. The monoisotopic (exact) mass is 202 g/mol. The SMILES string of the molecule is c1ccc2c(c1)CCC(C1=NCCN1)O2. The first kappa shape index (κ1) is 8.77. The van der Waals surface area contributed by atoms with Crippen LogP contribution in [-0.2, 0) is 6.42 Å². The summed E-state index contributed by atoms with van der Waals surface area (Å²) in [5.74, 6) is 2.05. The average molecular weight is 202 g/mol. The largest absolute Gasteiger partial charge is 0.482 e. The lowest BCUT2D eigenvalue weighted by molar-refractivity contribution is 0.233. The third-order valence-electron chi connectivity index (χ3n) is 2.92. The van der Waals surface area contributed by atoms with Gasteiger partial charge in [-0.25, -0.2) is 0 Å². The maximum absolute atomic E-state index is 5.92. The number of aliphatic imine (C=N–C) groups is 1. The second-order valence-corrected chi connectivity index (χ2v) is 3.95. The average Bonchev–Trinajstić information content (AvgIpc) is 2.82. The lowest BCUT2D eigenvalue weighted by Crippen LogP contribution is -2.38. The molecule has 0 amide bonds. The molecule has 3 heteroatoms. The second kappa shape index (κ2) is 3.57. The first-order valence-electron chi connectivity index (χ1n) is 5.46. The third kappa shape index (κ3) is 1.58. The number of hydrogen-bond donors (Lipinski definition) is 1. The second-order valence-electron chi connectivity index (χ2n) is 3.95. The van der Waals surface area contributed by atoms with Gasteiger partial charge in [-0.2, -0.15) is 0 Å². The zero-order valence-electron chi connectivity index (χ0n) is 8.57. The predicted octanol–water partition coefficient (Wildman–Crippen LogP) is 1.38. The molecule has 2 aliphatic heterocycles. The molecular weight excluding hydrogens is 188 g/mol. The molecule has 1 aromatic carbocycles.